The second-order valence-corrected chi connectivity index (χ2v) is 20.0. The number of imide groups is 1. The van der Waals surface area contributed by atoms with Gasteiger partial charge in [0.1, 0.15) is 41.7 Å². The van der Waals surface area contributed by atoms with Crippen LogP contribution in [-0.4, -0.2) is 134 Å². The number of Topliss-reactive ketones (excluding diaryl/α,β-unsaturated/α-hetero) is 1. The molecule has 19 nitrogen and oxygen atoms in total. The normalized spacial score (nSPS) is 31.1. The van der Waals surface area contributed by atoms with E-state index in [1.54, 1.807) is 57.2 Å². The predicted octanol–water partition coefficient (Wildman–Crippen LogP) is 3.13. The average Bonchev–Trinajstić information content (AvgIpc) is 3.60. The van der Waals surface area contributed by atoms with Crippen molar-refractivity contribution in [2.75, 3.05) is 13.2 Å². The number of fused-ring (bicyclic) bond motifs is 5. The van der Waals surface area contributed by atoms with Gasteiger partial charge in [0.25, 0.3) is 11.8 Å². The molecule has 4 N–H and O–H groups in total. The van der Waals surface area contributed by atoms with Crippen molar-refractivity contribution in [2.45, 2.75) is 134 Å². The number of aliphatic hydroxyl groups is 3. The molecule has 2 bridgehead atoms. The highest BCUT2D eigenvalue weighted by Gasteiger charge is 2.78. The third-order valence-corrected chi connectivity index (χ3v) is 14.2. The summed E-state index contributed by atoms with van der Waals surface area (Å²) in [6.45, 7) is 11.0. The largest absolute Gasteiger partial charge is 0.455 e. The topological polar surface area (TPSA) is 268 Å². The van der Waals surface area contributed by atoms with Crippen LogP contribution in [0.3, 0.4) is 0 Å². The van der Waals surface area contributed by atoms with E-state index in [2.05, 4.69) is 5.32 Å². The van der Waals surface area contributed by atoms with E-state index in [0.717, 1.165) is 24.0 Å². The Morgan fingerprint density at radius 3 is 2.09 bits per heavy atom. The van der Waals surface area contributed by atoms with E-state index in [-0.39, 0.29) is 35.3 Å². The van der Waals surface area contributed by atoms with Gasteiger partial charge in [-0.15, -0.1) is 0 Å². The fourth-order valence-corrected chi connectivity index (χ4v) is 10.7. The number of amides is 3. The lowest BCUT2D eigenvalue weighted by Gasteiger charge is -2.67. The number of ketones is 1. The van der Waals surface area contributed by atoms with Crippen LogP contribution in [0.5, 0.6) is 0 Å². The van der Waals surface area contributed by atoms with Crippen molar-refractivity contribution in [2.24, 2.45) is 16.7 Å². The standard InChI is InChI=1S/C50H58N2O17/c1-26-30(65-44(61)39(66-35(57)21-22-52-33(55)19-20-34(52)56)37(28-15-11-9-12-16-28)51-45(62)69-46(3,4)5)24-50(63)42(67-43(60)29-17-13-10-14-18-29)40-48(8,41(59)38(58)36(26)47(50,6)7)31(54)23-32-49(40,25-64-32)68-27(2)53/h9-20,30-32,37-40,42,54,58,63H,21-25H2,1-8H3,(H,51,62)/t30?,31-,32+,37?,38+,39?,40?,42?,48+,49-,50+/m0/s1. The number of carbonyl (C=O) groups excluding carboxylic acids is 8. The van der Waals surface area contributed by atoms with Crippen LogP contribution in [0.4, 0.5) is 4.79 Å². The molecule has 0 radical (unpaired) electrons. The maximum atomic E-state index is 15.2. The van der Waals surface area contributed by atoms with E-state index in [4.69, 9.17) is 28.4 Å². The highest BCUT2D eigenvalue weighted by molar-refractivity contribution is 6.13. The summed E-state index contributed by atoms with van der Waals surface area (Å²) in [4.78, 5) is 110. The molecule has 3 fully saturated rings. The Morgan fingerprint density at radius 1 is 0.913 bits per heavy atom. The molecule has 5 unspecified atom stereocenters. The Morgan fingerprint density at radius 2 is 1.52 bits per heavy atom. The molecule has 2 heterocycles. The fourth-order valence-electron chi connectivity index (χ4n) is 10.7. The number of hydrogen-bond donors (Lipinski definition) is 4. The summed E-state index contributed by atoms with van der Waals surface area (Å²) < 4.78 is 35.8. The molecule has 0 aromatic heterocycles. The van der Waals surface area contributed by atoms with Gasteiger partial charge in [0.2, 0.25) is 6.10 Å². The molecular weight excluding hydrogens is 901 g/mol. The van der Waals surface area contributed by atoms with Crippen molar-refractivity contribution >= 4 is 47.6 Å². The third kappa shape index (κ3) is 9.08. The van der Waals surface area contributed by atoms with Crippen molar-refractivity contribution < 1.29 is 82.1 Å². The summed E-state index contributed by atoms with van der Waals surface area (Å²) in [5.74, 6) is -8.13. The van der Waals surface area contributed by atoms with E-state index < -0.39 is 143 Å². The molecule has 3 aliphatic carbocycles. The lowest BCUT2D eigenvalue weighted by Crippen LogP contribution is -2.81. The van der Waals surface area contributed by atoms with Gasteiger partial charge >= 0.3 is 30.0 Å². The maximum Gasteiger partial charge on any atom is 0.408 e. The Kier molecular flexibility index (Phi) is 13.6. The monoisotopic (exact) mass is 958 g/mol. The van der Waals surface area contributed by atoms with Crippen molar-refractivity contribution in [3.05, 3.63) is 95.1 Å². The van der Waals surface area contributed by atoms with E-state index in [1.165, 1.54) is 52.0 Å². The van der Waals surface area contributed by atoms with Crippen LogP contribution >= 0.6 is 0 Å². The van der Waals surface area contributed by atoms with Crippen LogP contribution < -0.4 is 5.32 Å². The van der Waals surface area contributed by atoms with Gasteiger partial charge in [-0.25, -0.2) is 14.4 Å². The molecule has 5 aliphatic rings. The first-order chi connectivity index (χ1) is 32.3. The molecule has 2 aromatic rings. The lowest BCUT2D eigenvalue weighted by molar-refractivity contribution is -0.346. The predicted molar refractivity (Wildman–Crippen MR) is 238 cm³/mol. The van der Waals surface area contributed by atoms with Crippen molar-refractivity contribution in [1.29, 1.82) is 0 Å². The van der Waals surface area contributed by atoms with Gasteiger partial charge in [-0.05, 0) is 63.5 Å². The molecule has 2 aliphatic heterocycles. The van der Waals surface area contributed by atoms with Crippen LogP contribution in [0, 0.1) is 16.7 Å². The first kappa shape index (κ1) is 50.6. The number of esters is 4. The highest BCUT2D eigenvalue weighted by Crippen LogP contribution is 2.64. The van der Waals surface area contributed by atoms with Gasteiger partial charge in [-0.2, -0.15) is 0 Å². The van der Waals surface area contributed by atoms with Crippen LogP contribution in [0.15, 0.2) is 84.0 Å². The van der Waals surface area contributed by atoms with Gasteiger partial charge < -0.3 is 49.1 Å². The zero-order chi connectivity index (χ0) is 50.6. The first-order valence-corrected chi connectivity index (χ1v) is 22.7. The molecule has 69 heavy (non-hydrogen) atoms. The number of nitrogens with zero attached hydrogens (tertiary/aromatic N) is 1. The van der Waals surface area contributed by atoms with E-state index in [9.17, 15) is 44.1 Å². The number of hydrogen-bond acceptors (Lipinski definition) is 17. The van der Waals surface area contributed by atoms with Crippen LogP contribution in [-0.2, 0) is 57.2 Å². The molecule has 7 rings (SSSR count). The van der Waals surface area contributed by atoms with Gasteiger partial charge in [-0.1, -0.05) is 62.4 Å². The summed E-state index contributed by atoms with van der Waals surface area (Å²) in [6, 6.07) is 14.1. The van der Waals surface area contributed by atoms with Crippen molar-refractivity contribution in [1.82, 2.24) is 10.2 Å². The number of rotatable bonds is 12. The van der Waals surface area contributed by atoms with Crippen LogP contribution in [0.2, 0.25) is 0 Å². The number of nitrogens with one attached hydrogen (secondary N) is 1. The van der Waals surface area contributed by atoms with Gasteiger partial charge in [0.05, 0.1) is 36.0 Å². The average molecular weight is 959 g/mol. The maximum absolute atomic E-state index is 15.2. The van der Waals surface area contributed by atoms with E-state index in [1.807, 2.05) is 0 Å². The number of aliphatic hydroxyl groups excluding tert-OH is 2. The molecule has 370 valence electrons. The SMILES string of the molecule is CC(=O)O[C@@]12CO[C@@H]1C[C@H](O)[C@@]1(C)C(=O)[C@H](O)C3=C(C)C(OC(=O)C(OC(=O)CCN4C(=O)C=CC4=O)C(NC(=O)OC(C)(C)C)c4ccccc4)C[C@@](O)(C(OC(=O)c4ccccc4)C12)C3(C)C. The summed E-state index contributed by atoms with van der Waals surface area (Å²) in [6.07, 6.45) is -10.8. The van der Waals surface area contributed by atoms with Gasteiger partial charge in [-0.3, -0.25) is 28.9 Å². The third-order valence-electron chi connectivity index (χ3n) is 14.2. The Labute approximate surface area is 398 Å². The Bertz CT molecular complexity index is 2460. The molecule has 1 saturated heterocycles. The molecular formula is C50H58N2O17. The number of ether oxygens (including phenoxy) is 6. The number of carbonyl (C=O) groups is 8. The molecule has 19 heteroatoms. The van der Waals surface area contributed by atoms with Crippen LogP contribution in [0.25, 0.3) is 0 Å². The minimum Gasteiger partial charge on any atom is -0.455 e. The zero-order valence-corrected chi connectivity index (χ0v) is 39.6. The minimum atomic E-state index is -2.47. The summed E-state index contributed by atoms with van der Waals surface area (Å²) in [5, 5.41) is 40.7. The lowest BCUT2D eigenvalue weighted by atomic mass is 9.44. The van der Waals surface area contributed by atoms with Gasteiger partial charge in [0, 0.05) is 43.9 Å². The number of alkyl carbamates (subject to hydrolysis) is 1. The van der Waals surface area contributed by atoms with E-state index in [0.29, 0.717) is 0 Å². The second kappa shape index (κ2) is 18.6. The summed E-state index contributed by atoms with van der Waals surface area (Å²) in [7, 11) is 0. The quantitative estimate of drug-likeness (QED) is 0.103. The molecule has 2 saturated carbocycles. The summed E-state index contributed by atoms with van der Waals surface area (Å²) >= 11 is 0. The Balaban J connectivity index is 1.35. The second-order valence-electron chi connectivity index (χ2n) is 20.0. The number of benzene rings is 2. The highest BCUT2D eigenvalue weighted by atomic mass is 16.6. The van der Waals surface area contributed by atoms with Gasteiger partial charge in [0.15, 0.2) is 11.4 Å². The van der Waals surface area contributed by atoms with Crippen LogP contribution in [0.1, 0.15) is 96.6 Å². The first-order valence-electron chi connectivity index (χ1n) is 22.7. The smallest absolute Gasteiger partial charge is 0.408 e. The Hall–Kier alpha value is -6.28. The minimum absolute atomic E-state index is 0.0305. The molecule has 2 aromatic carbocycles. The molecule has 11 atom stereocenters. The van der Waals surface area contributed by atoms with Crippen molar-refractivity contribution in [3.63, 3.8) is 0 Å². The van der Waals surface area contributed by atoms with Crippen molar-refractivity contribution in [3.8, 4) is 0 Å². The van der Waals surface area contributed by atoms with E-state index >= 15 is 9.59 Å². The summed E-state index contributed by atoms with van der Waals surface area (Å²) in [5.41, 5.74) is -8.97. The fraction of sp³-hybridized carbons (Fsp3) is 0.520. The molecule has 3 amide bonds. The zero-order valence-electron chi connectivity index (χ0n) is 39.6. The molecule has 0 spiro atoms.